The first-order chi connectivity index (χ1) is 9.95. The molecule has 0 bridgehead atoms. The number of carbonyl (C=O) groups is 3. The number of furan rings is 1. The van der Waals surface area contributed by atoms with Gasteiger partial charge in [0, 0.05) is 13.0 Å². The lowest BCUT2D eigenvalue weighted by Gasteiger charge is -2.19. The Hall–Kier alpha value is -2.31. The van der Waals surface area contributed by atoms with Crippen molar-refractivity contribution in [3.8, 4) is 0 Å². The quantitative estimate of drug-likeness (QED) is 0.722. The number of amides is 2. The first-order valence-electron chi connectivity index (χ1n) is 6.64. The number of esters is 1. The SMILES string of the molecule is COC(=O)C(NC(=O)CCNC(=O)c1ccco1)C(C)C. The zero-order valence-corrected chi connectivity index (χ0v) is 12.3. The van der Waals surface area contributed by atoms with Crippen LogP contribution in [0.5, 0.6) is 0 Å². The van der Waals surface area contributed by atoms with Crippen molar-refractivity contribution in [1.82, 2.24) is 10.6 Å². The topological polar surface area (TPSA) is 97.6 Å². The molecule has 1 heterocycles. The molecule has 0 spiro atoms. The summed E-state index contributed by atoms with van der Waals surface area (Å²) in [7, 11) is 1.27. The van der Waals surface area contributed by atoms with Gasteiger partial charge in [-0.05, 0) is 18.1 Å². The van der Waals surface area contributed by atoms with Gasteiger partial charge >= 0.3 is 5.97 Å². The van der Waals surface area contributed by atoms with E-state index < -0.39 is 12.0 Å². The average molecular weight is 296 g/mol. The van der Waals surface area contributed by atoms with Crippen LogP contribution in [0.2, 0.25) is 0 Å². The van der Waals surface area contributed by atoms with Crippen LogP contribution in [0, 0.1) is 5.92 Å². The summed E-state index contributed by atoms with van der Waals surface area (Å²) in [5.41, 5.74) is 0. The van der Waals surface area contributed by atoms with Crippen LogP contribution in [0.15, 0.2) is 22.8 Å². The highest BCUT2D eigenvalue weighted by Gasteiger charge is 2.24. The summed E-state index contributed by atoms with van der Waals surface area (Å²) in [6.07, 6.45) is 1.46. The highest BCUT2D eigenvalue weighted by atomic mass is 16.5. The van der Waals surface area contributed by atoms with Gasteiger partial charge in [0.25, 0.3) is 5.91 Å². The molecule has 1 unspecified atom stereocenters. The summed E-state index contributed by atoms with van der Waals surface area (Å²) in [5.74, 6) is -1.11. The van der Waals surface area contributed by atoms with Crippen molar-refractivity contribution in [2.24, 2.45) is 5.92 Å². The summed E-state index contributed by atoms with van der Waals surface area (Å²) >= 11 is 0. The standard InChI is InChI=1S/C14H20N2O5/c1-9(2)12(14(19)20-3)16-11(17)6-7-15-13(18)10-5-4-8-21-10/h4-5,8-9,12H,6-7H2,1-3H3,(H,15,18)(H,16,17). The average Bonchev–Trinajstić information content (AvgIpc) is 2.97. The Morgan fingerprint density at radius 3 is 2.57 bits per heavy atom. The Morgan fingerprint density at radius 2 is 2.05 bits per heavy atom. The van der Waals surface area contributed by atoms with Crippen molar-refractivity contribution in [3.63, 3.8) is 0 Å². The number of methoxy groups -OCH3 is 1. The van der Waals surface area contributed by atoms with Gasteiger partial charge in [0.1, 0.15) is 6.04 Å². The monoisotopic (exact) mass is 296 g/mol. The van der Waals surface area contributed by atoms with Crippen LogP contribution in [0.3, 0.4) is 0 Å². The zero-order chi connectivity index (χ0) is 15.8. The van der Waals surface area contributed by atoms with E-state index in [-0.39, 0.29) is 36.5 Å². The van der Waals surface area contributed by atoms with Crippen LogP contribution in [0.4, 0.5) is 0 Å². The van der Waals surface area contributed by atoms with Gasteiger partial charge < -0.3 is 19.8 Å². The van der Waals surface area contributed by atoms with Gasteiger partial charge in [0.2, 0.25) is 5.91 Å². The lowest BCUT2D eigenvalue weighted by atomic mass is 10.0. The van der Waals surface area contributed by atoms with E-state index in [1.807, 2.05) is 0 Å². The fraction of sp³-hybridized carbons (Fsp3) is 0.500. The normalized spacial score (nSPS) is 11.8. The maximum absolute atomic E-state index is 11.8. The minimum atomic E-state index is -0.691. The summed E-state index contributed by atoms with van der Waals surface area (Å²) in [6.45, 7) is 3.76. The van der Waals surface area contributed by atoms with Gasteiger partial charge in [0.05, 0.1) is 13.4 Å². The molecule has 0 aromatic carbocycles. The molecule has 0 aliphatic carbocycles. The summed E-state index contributed by atoms with van der Waals surface area (Å²) < 4.78 is 9.55. The summed E-state index contributed by atoms with van der Waals surface area (Å²) in [5, 5.41) is 5.14. The third-order valence-electron chi connectivity index (χ3n) is 2.82. The second-order valence-electron chi connectivity index (χ2n) is 4.80. The summed E-state index contributed by atoms with van der Waals surface area (Å²) in [4.78, 5) is 34.8. The van der Waals surface area contributed by atoms with E-state index in [2.05, 4.69) is 15.4 Å². The van der Waals surface area contributed by atoms with Crippen molar-refractivity contribution in [3.05, 3.63) is 24.2 Å². The van der Waals surface area contributed by atoms with Crippen LogP contribution in [-0.2, 0) is 14.3 Å². The van der Waals surface area contributed by atoms with E-state index >= 15 is 0 Å². The van der Waals surface area contributed by atoms with Crippen molar-refractivity contribution >= 4 is 17.8 Å². The molecular formula is C14H20N2O5. The number of rotatable bonds is 7. The second kappa shape index (κ2) is 8.08. The van der Waals surface area contributed by atoms with Crippen molar-refractivity contribution in [2.75, 3.05) is 13.7 Å². The number of nitrogens with one attached hydrogen (secondary N) is 2. The lowest BCUT2D eigenvalue weighted by molar-refractivity contribution is -0.146. The minimum Gasteiger partial charge on any atom is -0.467 e. The molecule has 0 fully saturated rings. The molecule has 21 heavy (non-hydrogen) atoms. The molecule has 7 heteroatoms. The first-order valence-corrected chi connectivity index (χ1v) is 6.64. The molecule has 116 valence electrons. The predicted octanol–water partition coefficient (Wildman–Crippen LogP) is 0.713. The number of ether oxygens (including phenoxy) is 1. The van der Waals surface area contributed by atoms with E-state index in [1.165, 1.54) is 19.4 Å². The third kappa shape index (κ3) is 5.29. The molecule has 1 aromatic heterocycles. The molecule has 0 radical (unpaired) electrons. The van der Waals surface area contributed by atoms with Gasteiger partial charge in [0.15, 0.2) is 5.76 Å². The van der Waals surface area contributed by atoms with Gasteiger partial charge in [-0.1, -0.05) is 13.8 Å². The Bertz CT molecular complexity index is 482. The highest BCUT2D eigenvalue weighted by molar-refractivity contribution is 5.91. The van der Waals surface area contributed by atoms with Crippen molar-refractivity contribution in [2.45, 2.75) is 26.3 Å². The highest BCUT2D eigenvalue weighted by Crippen LogP contribution is 2.04. The summed E-state index contributed by atoms with van der Waals surface area (Å²) in [6, 6.07) is 2.44. The van der Waals surface area contributed by atoms with Crippen LogP contribution in [-0.4, -0.2) is 37.5 Å². The Balaban J connectivity index is 2.36. The van der Waals surface area contributed by atoms with E-state index in [1.54, 1.807) is 19.9 Å². The number of hydrogen-bond acceptors (Lipinski definition) is 5. The van der Waals surface area contributed by atoms with E-state index in [9.17, 15) is 14.4 Å². The second-order valence-corrected chi connectivity index (χ2v) is 4.80. The van der Waals surface area contributed by atoms with Crippen LogP contribution < -0.4 is 10.6 Å². The smallest absolute Gasteiger partial charge is 0.328 e. The molecule has 1 atom stereocenters. The van der Waals surface area contributed by atoms with Gasteiger partial charge in [-0.25, -0.2) is 4.79 Å². The van der Waals surface area contributed by atoms with Crippen LogP contribution >= 0.6 is 0 Å². The Kier molecular flexibility index (Phi) is 6.45. The number of hydrogen-bond donors (Lipinski definition) is 2. The number of carbonyl (C=O) groups excluding carboxylic acids is 3. The molecule has 0 aliphatic rings. The predicted molar refractivity (Wildman–Crippen MR) is 74.4 cm³/mol. The molecule has 2 amide bonds. The van der Waals surface area contributed by atoms with E-state index in [0.29, 0.717) is 0 Å². The van der Waals surface area contributed by atoms with E-state index in [0.717, 1.165) is 0 Å². The third-order valence-corrected chi connectivity index (χ3v) is 2.82. The maximum Gasteiger partial charge on any atom is 0.328 e. The van der Waals surface area contributed by atoms with Gasteiger partial charge in [-0.2, -0.15) is 0 Å². The Labute approximate surface area is 123 Å². The van der Waals surface area contributed by atoms with Crippen LogP contribution in [0.25, 0.3) is 0 Å². The largest absolute Gasteiger partial charge is 0.467 e. The molecular weight excluding hydrogens is 276 g/mol. The molecule has 0 saturated heterocycles. The van der Waals surface area contributed by atoms with Crippen molar-refractivity contribution < 1.29 is 23.5 Å². The van der Waals surface area contributed by atoms with Crippen LogP contribution in [0.1, 0.15) is 30.8 Å². The minimum absolute atomic E-state index is 0.0622. The maximum atomic E-state index is 11.8. The Morgan fingerprint density at radius 1 is 1.33 bits per heavy atom. The van der Waals surface area contributed by atoms with Gasteiger partial charge in [-0.15, -0.1) is 0 Å². The molecule has 2 N–H and O–H groups in total. The fourth-order valence-electron chi connectivity index (χ4n) is 1.65. The fourth-order valence-corrected chi connectivity index (χ4v) is 1.65. The molecule has 7 nitrogen and oxygen atoms in total. The first kappa shape index (κ1) is 16.7. The van der Waals surface area contributed by atoms with E-state index in [4.69, 9.17) is 4.42 Å². The molecule has 1 aromatic rings. The van der Waals surface area contributed by atoms with Crippen molar-refractivity contribution in [1.29, 1.82) is 0 Å². The molecule has 1 rings (SSSR count). The molecule has 0 aliphatic heterocycles. The zero-order valence-electron chi connectivity index (χ0n) is 12.3. The lowest BCUT2D eigenvalue weighted by Crippen LogP contribution is -2.45. The van der Waals surface area contributed by atoms with Gasteiger partial charge in [-0.3, -0.25) is 9.59 Å². The molecule has 0 saturated carbocycles.